The number of hydrogen-bond donors (Lipinski definition) is 2. The number of nitrogens with one attached hydrogen (secondary N) is 1. The average Bonchev–Trinajstić information content (AvgIpc) is 2.81. The number of aliphatic carboxylic acids is 1. The predicted octanol–water partition coefficient (Wildman–Crippen LogP) is 4.37. The topological polar surface area (TPSA) is 136 Å². The van der Waals surface area contributed by atoms with Gasteiger partial charge in [0.2, 0.25) is 10.0 Å². The second-order valence-electron chi connectivity index (χ2n) is 7.99. The Morgan fingerprint density at radius 3 is 2.40 bits per heavy atom. The van der Waals surface area contributed by atoms with Gasteiger partial charge in [0.25, 0.3) is 5.69 Å². The minimum atomic E-state index is -4.28. The van der Waals surface area contributed by atoms with Crippen LogP contribution in [0.5, 0.6) is 5.75 Å². The quantitative estimate of drug-likeness (QED) is 0.310. The molecule has 0 bridgehead atoms. The molecule has 3 aromatic carbocycles. The molecule has 0 saturated heterocycles. The van der Waals surface area contributed by atoms with Gasteiger partial charge in [0.1, 0.15) is 29.8 Å². The van der Waals surface area contributed by atoms with Crippen LogP contribution in [0.2, 0.25) is 0 Å². The summed E-state index contributed by atoms with van der Waals surface area (Å²) in [7, 11) is -4.28. The van der Waals surface area contributed by atoms with Crippen molar-refractivity contribution in [2.24, 2.45) is 5.92 Å². The molecule has 3 rings (SSSR count). The van der Waals surface area contributed by atoms with E-state index in [0.717, 1.165) is 12.1 Å². The van der Waals surface area contributed by atoms with Crippen LogP contribution in [0, 0.1) is 21.8 Å². The first kappa shape index (κ1) is 25.8. The van der Waals surface area contributed by atoms with Crippen molar-refractivity contribution in [3.8, 4) is 16.9 Å². The lowest BCUT2D eigenvalue weighted by Gasteiger charge is -2.19. The lowest BCUT2D eigenvalue weighted by atomic mass is 10.0. The number of carboxylic acid groups (broad SMARTS) is 1. The highest BCUT2D eigenvalue weighted by molar-refractivity contribution is 7.89. The number of halogens is 1. The van der Waals surface area contributed by atoms with E-state index in [4.69, 9.17) is 4.74 Å². The molecule has 184 valence electrons. The number of nitro groups is 1. The number of carboxylic acids is 1. The largest absolute Gasteiger partial charge is 0.488 e. The molecule has 0 aliphatic heterocycles. The first-order valence-corrected chi connectivity index (χ1v) is 12.0. The third kappa shape index (κ3) is 6.00. The van der Waals surface area contributed by atoms with Gasteiger partial charge in [-0.1, -0.05) is 50.2 Å². The molecule has 2 N–H and O–H groups in total. The molecule has 0 saturated carbocycles. The number of sulfonamides is 1. The van der Waals surface area contributed by atoms with Gasteiger partial charge >= 0.3 is 5.97 Å². The zero-order valence-electron chi connectivity index (χ0n) is 18.8. The Morgan fingerprint density at radius 1 is 1.11 bits per heavy atom. The number of nitro benzene ring substituents is 1. The highest BCUT2D eigenvalue weighted by Crippen LogP contribution is 2.34. The number of ether oxygens (including phenoxy) is 1. The highest BCUT2D eigenvalue weighted by Gasteiger charge is 2.29. The van der Waals surface area contributed by atoms with E-state index < -0.39 is 51.0 Å². The zero-order chi connectivity index (χ0) is 25.8. The van der Waals surface area contributed by atoms with E-state index in [1.54, 1.807) is 44.2 Å². The van der Waals surface area contributed by atoms with E-state index in [0.29, 0.717) is 11.1 Å². The van der Waals surface area contributed by atoms with Crippen LogP contribution in [0.15, 0.2) is 71.6 Å². The van der Waals surface area contributed by atoms with E-state index >= 15 is 0 Å². The lowest BCUT2D eigenvalue weighted by molar-refractivity contribution is -0.386. The predicted molar refractivity (Wildman–Crippen MR) is 126 cm³/mol. The molecule has 35 heavy (non-hydrogen) atoms. The number of benzene rings is 3. The second-order valence-corrected chi connectivity index (χ2v) is 9.70. The molecule has 0 aromatic heterocycles. The summed E-state index contributed by atoms with van der Waals surface area (Å²) in [4.78, 5) is 21.8. The van der Waals surface area contributed by atoms with Gasteiger partial charge in [-0.05, 0) is 29.7 Å². The molecule has 0 fully saturated rings. The summed E-state index contributed by atoms with van der Waals surface area (Å²) in [5, 5.41) is 20.7. The van der Waals surface area contributed by atoms with Crippen molar-refractivity contribution in [2.45, 2.75) is 31.4 Å². The summed E-state index contributed by atoms with van der Waals surface area (Å²) < 4.78 is 48.1. The number of nitrogens with zero attached hydrogens (tertiary/aromatic N) is 1. The van der Waals surface area contributed by atoms with Gasteiger partial charge in [0.15, 0.2) is 0 Å². The maximum absolute atomic E-state index is 14.4. The maximum Gasteiger partial charge on any atom is 0.322 e. The van der Waals surface area contributed by atoms with E-state index in [1.807, 2.05) is 0 Å². The van der Waals surface area contributed by atoms with Gasteiger partial charge in [-0.15, -0.1) is 0 Å². The Morgan fingerprint density at radius 2 is 1.80 bits per heavy atom. The van der Waals surface area contributed by atoms with Crippen molar-refractivity contribution in [3.05, 3.63) is 88.2 Å². The van der Waals surface area contributed by atoms with Gasteiger partial charge in [-0.3, -0.25) is 14.9 Å². The van der Waals surface area contributed by atoms with E-state index in [9.17, 15) is 32.8 Å². The molecule has 0 amide bonds. The fourth-order valence-electron chi connectivity index (χ4n) is 3.36. The SMILES string of the molecule is CC(C)C(NS(=O)(=O)c1ccc(-c2ccccc2)c(OCc2c(F)cccc2[N+](=O)[O-])c1)C(=O)O. The fraction of sp³-hybridized carbons (Fsp3) is 0.208. The first-order chi connectivity index (χ1) is 16.5. The Labute approximate surface area is 201 Å². The van der Waals surface area contributed by atoms with Crippen LogP contribution < -0.4 is 9.46 Å². The standard InChI is InChI=1S/C24H23FN2O7S/c1-15(2)23(24(28)29)26-35(32,33)17-11-12-18(16-7-4-3-5-8-16)22(13-17)34-14-19-20(25)9-6-10-21(19)27(30)31/h3-13,15,23,26H,14H2,1-2H3,(H,28,29). The molecule has 1 atom stereocenters. The average molecular weight is 503 g/mol. The van der Waals surface area contributed by atoms with E-state index in [2.05, 4.69) is 4.72 Å². The third-order valence-electron chi connectivity index (χ3n) is 5.23. The third-order valence-corrected chi connectivity index (χ3v) is 6.66. The van der Waals surface area contributed by atoms with Crippen molar-refractivity contribution in [1.29, 1.82) is 0 Å². The van der Waals surface area contributed by atoms with Gasteiger partial charge in [0.05, 0.1) is 9.82 Å². The Kier molecular flexibility index (Phi) is 7.82. The summed E-state index contributed by atoms with van der Waals surface area (Å²) in [5.41, 5.74) is 0.349. The van der Waals surface area contributed by atoms with Gasteiger partial charge in [-0.2, -0.15) is 4.72 Å². The molecular weight excluding hydrogens is 479 g/mol. The number of rotatable bonds is 10. The fourth-order valence-corrected chi connectivity index (χ4v) is 4.72. The summed E-state index contributed by atoms with van der Waals surface area (Å²) in [6, 6.07) is 14.8. The summed E-state index contributed by atoms with van der Waals surface area (Å²) >= 11 is 0. The van der Waals surface area contributed by atoms with Crippen molar-refractivity contribution >= 4 is 21.7 Å². The van der Waals surface area contributed by atoms with Gasteiger partial charge in [0, 0.05) is 17.7 Å². The van der Waals surface area contributed by atoms with Crippen LogP contribution >= 0.6 is 0 Å². The molecule has 0 aliphatic rings. The van der Waals surface area contributed by atoms with Crippen LogP contribution in [0.25, 0.3) is 11.1 Å². The minimum Gasteiger partial charge on any atom is -0.488 e. The maximum atomic E-state index is 14.4. The van der Waals surface area contributed by atoms with Crippen LogP contribution in [0.4, 0.5) is 10.1 Å². The zero-order valence-corrected chi connectivity index (χ0v) is 19.7. The number of carbonyl (C=O) groups is 1. The molecule has 9 nitrogen and oxygen atoms in total. The molecule has 1 unspecified atom stereocenters. The molecular formula is C24H23FN2O7S. The van der Waals surface area contributed by atoms with Crippen molar-refractivity contribution in [2.75, 3.05) is 0 Å². The summed E-state index contributed by atoms with van der Waals surface area (Å²) in [6.07, 6.45) is 0. The molecule has 0 heterocycles. The second kappa shape index (κ2) is 10.6. The van der Waals surface area contributed by atoms with Crippen LogP contribution in [0.3, 0.4) is 0 Å². The summed E-state index contributed by atoms with van der Waals surface area (Å²) in [5.74, 6) is -2.67. The summed E-state index contributed by atoms with van der Waals surface area (Å²) in [6.45, 7) is 2.59. The van der Waals surface area contributed by atoms with E-state index in [1.165, 1.54) is 24.3 Å². The molecule has 0 aliphatic carbocycles. The Bertz CT molecular complexity index is 1350. The van der Waals surface area contributed by atoms with Crippen molar-refractivity contribution < 1.29 is 32.4 Å². The van der Waals surface area contributed by atoms with Crippen molar-refractivity contribution in [3.63, 3.8) is 0 Å². The van der Waals surface area contributed by atoms with Gasteiger partial charge in [-0.25, -0.2) is 12.8 Å². The lowest BCUT2D eigenvalue weighted by Crippen LogP contribution is -2.44. The Hall–Kier alpha value is -3.83. The van der Waals surface area contributed by atoms with Crippen molar-refractivity contribution in [1.82, 2.24) is 4.72 Å². The Balaban J connectivity index is 2.04. The molecule has 0 radical (unpaired) electrons. The smallest absolute Gasteiger partial charge is 0.322 e. The molecule has 11 heteroatoms. The minimum absolute atomic E-state index is 0.0213. The molecule has 3 aromatic rings. The monoisotopic (exact) mass is 502 g/mol. The van der Waals surface area contributed by atoms with Gasteiger partial charge < -0.3 is 9.84 Å². The number of hydrogen-bond acceptors (Lipinski definition) is 6. The van der Waals surface area contributed by atoms with Crippen LogP contribution in [-0.4, -0.2) is 30.5 Å². The first-order valence-electron chi connectivity index (χ1n) is 10.5. The van der Waals surface area contributed by atoms with E-state index in [-0.39, 0.29) is 16.2 Å². The van der Waals surface area contributed by atoms with Crippen LogP contribution in [-0.2, 0) is 21.4 Å². The van der Waals surface area contributed by atoms with Crippen LogP contribution in [0.1, 0.15) is 19.4 Å². The highest BCUT2D eigenvalue weighted by atomic mass is 32.2. The normalized spacial score (nSPS) is 12.3. The molecule has 0 spiro atoms.